The van der Waals surface area contributed by atoms with Crippen LogP contribution in [0.15, 0.2) is 79.0 Å². The first kappa shape index (κ1) is 26.9. The number of benzene rings is 4. The summed E-state index contributed by atoms with van der Waals surface area (Å²) in [7, 11) is 3.38. The van der Waals surface area contributed by atoms with Gasteiger partial charge < -0.3 is 18.9 Å². The van der Waals surface area contributed by atoms with Crippen molar-refractivity contribution >= 4 is 34.0 Å². The van der Waals surface area contributed by atoms with Crippen molar-refractivity contribution in [3.63, 3.8) is 0 Å². The monoisotopic (exact) mass is 598 g/mol. The molecule has 212 valence electrons. The van der Waals surface area contributed by atoms with E-state index in [0.29, 0.717) is 0 Å². The SMILES string of the molecule is COc1ccc2c(CCC(c3ccc(Cl)cc3)c3ccc(Cl)cc3)c3[n+](cc2c1OC)CCc1cc2c(cc1-3)OCO2. The van der Waals surface area contributed by atoms with Crippen molar-refractivity contribution in [2.24, 2.45) is 0 Å². The molecule has 0 spiro atoms. The van der Waals surface area contributed by atoms with Crippen LogP contribution in [0, 0.1) is 0 Å². The van der Waals surface area contributed by atoms with E-state index in [2.05, 4.69) is 53.2 Å². The molecule has 0 fully saturated rings. The number of hydrogen-bond donors (Lipinski definition) is 0. The van der Waals surface area contributed by atoms with E-state index in [1.54, 1.807) is 14.2 Å². The minimum Gasteiger partial charge on any atom is -0.493 e. The summed E-state index contributed by atoms with van der Waals surface area (Å²) >= 11 is 12.6. The molecule has 5 nitrogen and oxygen atoms in total. The molecule has 0 atom stereocenters. The number of hydrogen-bond acceptors (Lipinski definition) is 4. The number of fused-ring (bicyclic) bond motifs is 5. The zero-order valence-electron chi connectivity index (χ0n) is 23.5. The van der Waals surface area contributed by atoms with Crippen LogP contribution < -0.4 is 23.5 Å². The van der Waals surface area contributed by atoms with E-state index in [9.17, 15) is 0 Å². The maximum absolute atomic E-state index is 6.28. The van der Waals surface area contributed by atoms with Crippen molar-refractivity contribution in [2.75, 3.05) is 21.0 Å². The first-order valence-electron chi connectivity index (χ1n) is 14.1. The number of methoxy groups -OCH3 is 2. The van der Waals surface area contributed by atoms with Gasteiger partial charge in [0, 0.05) is 33.3 Å². The predicted octanol–water partition coefficient (Wildman–Crippen LogP) is 8.17. The fourth-order valence-corrected chi connectivity index (χ4v) is 6.72. The highest BCUT2D eigenvalue weighted by molar-refractivity contribution is 6.30. The molecule has 0 amide bonds. The maximum atomic E-state index is 6.28. The smallest absolute Gasteiger partial charge is 0.231 e. The third-order valence-electron chi connectivity index (χ3n) is 8.47. The van der Waals surface area contributed by atoms with Gasteiger partial charge in [0.1, 0.15) is 0 Å². The topological polar surface area (TPSA) is 40.8 Å². The molecule has 0 aliphatic carbocycles. The minimum absolute atomic E-state index is 0.149. The largest absolute Gasteiger partial charge is 0.493 e. The van der Waals surface area contributed by atoms with Gasteiger partial charge in [-0.3, -0.25) is 0 Å². The Balaban J connectivity index is 1.41. The van der Waals surface area contributed by atoms with Crippen molar-refractivity contribution < 1.29 is 23.5 Å². The first-order valence-corrected chi connectivity index (χ1v) is 14.8. The molecule has 0 N–H and O–H groups in total. The van der Waals surface area contributed by atoms with Crippen LogP contribution in [-0.2, 0) is 19.4 Å². The number of halogens is 2. The molecule has 7 heteroatoms. The number of rotatable bonds is 7. The van der Waals surface area contributed by atoms with Gasteiger partial charge in [-0.15, -0.1) is 0 Å². The summed E-state index contributed by atoms with van der Waals surface area (Å²) in [5.74, 6) is 3.23. The normalized spacial score (nSPS) is 13.3. The molecule has 0 saturated heterocycles. The average Bonchev–Trinajstić information content (AvgIpc) is 3.48. The minimum atomic E-state index is 0.149. The lowest BCUT2D eigenvalue weighted by atomic mass is 9.83. The number of aryl methyl sites for hydroxylation is 3. The average molecular weight is 600 g/mol. The number of nitrogens with zero attached hydrogens (tertiary/aromatic N) is 1. The molecule has 7 rings (SSSR count). The van der Waals surface area contributed by atoms with Crippen molar-refractivity contribution in [1.29, 1.82) is 0 Å². The van der Waals surface area contributed by atoms with Crippen molar-refractivity contribution in [1.82, 2.24) is 0 Å². The summed E-state index contributed by atoms with van der Waals surface area (Å²) < 4.78 is 25.5. The van der Waals surface area contributed by atoms with Gasteiger partial charge >= 0.3 is 0 Å². The van der Waals surface area contributed by atoms with E-state index < -0.39 is 0 Å². The van der Waals surface area contributed by atoms with Crippen LogP contribution in [0.2, 0.25) is 10.0 Å². The van der Waals surface area contributed by atoms with Gasteiger partial charge in [-0.2, -0.15) is 4.57 Å². The van der Waals surface area contributed by atoms with Gasteiger partial charge in [-0.05, 0) is 78.1 Å². The molecule has 3 heterocycles. The highest BCUT2D eigenvalue weighted by atomic mass is 35.5. The van der Waals surface area contributed by atoms with E-state index in [4.69, 9.17) is 42.1 Å². The van der Waals surface area contributed by atoms with E-state index in [1.807, 2.05) is 30.3 Å². The lowest BCUT2D eigenvalue weighted by molar-refractivity contribution is -0.686. The molecule has 1 aromatic heterocycles. The van der Waals surface area contributed by atoms with Gasteiger partial charge in [-0.25, -0.2) is 0 Å². The Morgan fingerprint density at radius 1 is 0.810 bits per heavy atom. The van der Waals surface area contributed by atoms with Gasteiger partial charge in [0.15, 0.2) is 35.7 Å². The van der Waals surface area contributed by atoms with Crippen LogP contribution >= 0.6 is 23.2 Å². The molecule has 0 radical (unpaired) electrons. The van der Waals surface area contributed by atoms with Gasteiger partial charge in [0.2, 0.25) is 12.5 Å². The molecule has 0 unspecified atom stereocenters. The number of ether oxygens (including phenoxy) is 4. The third-order valence-corrected chi connectivity index (χ3v) is 8.97. The second-order valence-corrected chi connectivity index (χ2v) is 11.6. The summed E-state index contributed by atoms with van der Waals surface area (Å²) in [4.78, 5) is 0. The Kier molecular flexibility index (Phi) is 7.09. The highest BCUT2D eigenvalue weighted by Gasteiger charge is 2.32. The van der Waals surface area contributed by atoms with Gasteiger partial charge in [0.25, 0.3) is 0 Å². The molecule has 5 aromatic rings. The predicted molar refractivity (Wildman–Crippen MR) is 166 cm³/mol. The Labute approximate surface area is 255 Å². The van der Waals surface area contributed by atoms with Crippen LogP contribution in [0.1, 0.15) is 34.6 Å². The van der Waals surface area contributed by atoms with E-state index >= 15 is 0 Å². The van der Waals surface area contributed by atoms with Crippen molar-refractivity contribution in [3.8, 4) is 34.3 Å². The first-order chi connectivity index (χ1) is 20.5. The Morgan fingerprint density at radius 3 is 2.12 bits per heavy atom. The molecular formula is C35H30Cl2NO4+. The standard InChI is InChI=1S/C35H30Cl2NO4/c1-39-31-14-13-27-28(12-11-26(21-3-7-24(36)8-4-21)22-5-9-25(37)10-6-22)34-29-18-33-32(41-20-42-33)17-23(29)15-16-38(34)19-30(27)35(31)40-2/h3-10,13-14,17-19,26H,11-12,15-16,20H2,1-2H3/q+1. The maximum Gasteiger partial charge on any atom is 0.231 e. The Morgan fingerprint density at radius 2 is 1.48 bits per heavy atom. The zero-order valence-corrected chi connectivity index (χ0v) is 25.0. The quantitative estimate of drug-likeness (QED) is 0.177. The molecule has 4 aromatic carbocycles. The Hall–Kier alpha value is -3.93. The van der Waals surface area contributed by atoms with Crippen LogP contribution in [0.5, 0.6) is 23.0 Å². The molecule has 0 saturated carbocycles. The second-order valence-electron chi connectivity index (χ2n) is 10.7. The van der Waals surface area contributed by atoms with Crippen LogP contribution in [0.3, 0.4) is 0 Å². The molecule has 0 bridgehead atoms. The van der Waals surface area contributed by atoms with Crippen molar-refractivity contribution in [3.05, 3.63) is 111 Å². The van der Waals surface area contributed by atoms with Crippen LogP contribution in [-0.4, -0.2) is 21.0 Å². The van der Waals surface area contributed by atoms with Gasteiger partial charge in [-0.1, -0.05) is 47.5 Å². The lowest BCUT2D eigenvalue weighted by Gasteiger charge is -2.23. The molecular weight excluding hydrogens is 569 g/mol. The highest BCUT2D eigenvalue weighted by Crippen LogP contribution is 2.44. The number of pyridine rings is 1. The van der Waals surface area contributed by atoms with E-state index in [1.165, 1.54) is 33.5 Å². The van der Waals surface area contributed by atoms with Crippen molar-refractivity contribution in [2.45, 2.75) is 31.7 Å². The van der Waals surface area contributed by atoms with Gasteiger partial charge in [0.05, 0.1) is 25.2 Å². The zero-order chi connectivity index (χ0) is 28.8. The summed E-state index contributed by atoms with van der Waals surface area (Å²) in [5, 5.41) is 3.64. The number of aromatic nitrogens is 1. The summed E-state index contributed by atoms with van der Waals surface area (Å²) in [6.07, 6.45) is 4.81. The summed E-state index contributed by atoms with van der Waals surface area (Å²) in [6.45, 7) is 1.10. The third kappa shape index (κ3) is 4.71. The molecule has 42 heavy (non-hydrogen) atoms. The molecule has 2 aliphatic rings. The fourth-order valence-electron chi connectivity index (χ4n) is 6.47. The van der Waals surface area contributed by atoms with Crippen LogP contribution in [0.4, 0.5) is 0 Å². The second kappa shape index (κ2) is 11.0. The van der Waals surface area contributed by atoms with E-state index in [0.717, 1.165) is 69.6 Å². The molecule has 2 aliphatic heterocycles. The summed E-state index contributed by atoms with van der Waals surface area (Å²) in [6, 6.07) is 24.8. The Bertz CT molecular complexity index is 1760. The van der Waals surface area contributed by atoms with Crippen LogP contribution in [0.25, 0.3) is 22.0 Å². The lowest BCUT2D eigenvalue weighted by Crippen LogP contribution is -2.41. The fraction of sp³-hybridized carbons (Fsp3) is 0.229. The van der Waals surface area contributed by atoms with E-state index in [-0.39, 0.29) is 12.7 Å². The summed E-state index contributed by atoms with van der Waals surface area (Å²) in [5.41, 5.74) is 7.36.